The number of rotatable bonds is 9. The molecule has 4 rings (SSSR count). The SMILES string of the molecule is COc1ccc(N(Cc2cccnc2)c2ccc(C(=O)NS(C)(=O)=O)cc2)cc1OC1CCCO1. The number of sulfonamides is 1. The molecule has 0 spiro atoms. The van der Waals surface area contributed by atoms with Gasteiger partial charge in [-0.2, -0.15) is 0 Å². The van der Waals surface area contributed by atoms with Gasteiger partial charge in [0.1, 0.15) is 0 Å². The van der Waals surface area contributed by atoms with E-state index in [0.29, 0.717) is 24.7 Å². The smallest absolute Gasteiger partial charge is 0.264 e. The number of nitrogens with one attached hydrogen (secondary N) is 1. The molecule has 0 radical (unpaired) electrons. The van der Waals surface area contributed by atoms with Gasteiger partial charge in [0.05, 0.1) is 20.0 Å². The van der Waals surface area contributed by atoms with Crippen LogP contribution in [0.25, 0.3) is 0 Å². The fourth-order valence-electron chi connectivity index (χ4n) is 3.73. The molecule has 2 aromatic carbocycles. The molecule has 0 aliphatic carbocycles. The molecular weight excluding hydrogens is 470 g/mol. The number of aromatic nitrogens is 1. The zero-order valence-corrected chi connectivity index (χ0v) is 20.3. The van der Waals surface area contributed by atoms with Gasteiger partial charge < -0.3 is 19.1 Å². The van der Waals surface area contributed by atoms with Crippen LogP contribution in [-0.2, 0) is 21.3 Å². The van der Waals surface area contributed by atoms with Gasteiger partial charge in [-0.1, -0.05) is 6.07 Å². The number of carbonyl (C=O) groups excluding carboxylic acids is 1. The molecule has 1 N–H and O–H groups in total. The highest BCUT2D eigenvalue weighted by Crippen LogP contribution is 2.37. The summed E-state index contributed by atoms with van der Waals surface area (Å²) in [6.45, 7) is 1.16. The largest absolute Gasteiger partial charge is 0.493 e. The van der Waals surface area contributed by atoms with Gasteiger partial charge in [0.2, 0.25) is 10.0 Å². The van der Waals surface area contributed by atoms with Crippen LogP contribution in [0, 0.1) is 0 Å². The van der Waals surface area contributed by atoms with E-state index in [9.17, 15) is 13.2 Å². The maximum Gasteiger partial charge on any atom is 0.264 e. The van der Waals surface area contributed by atoms with Crippen molar-refractivity contribution in [3.8, 4) is 11.5 Å². The normalized spacial score (nSPS) is 15.4. The molecule has 1 aliphatic heterocycles. The van der Waals surface area contributed by atoms with Crippen LogP contribution in [0.4, 0.5) is 11.4 Å². The molecule has 0 saturated carbocycles. The minimum Gasteiger partial charge on any atom is -0.493 e. The summed E-state index contributed by atoms with van der Waals surface area (Å²) >= 11 is 0. The van der Waals surface area contributed by atoms with Crippen LogP contribution >= 0.6 is 0 Å². The quantitative estimate of drug-likeness (QED) is 0.478. The Hall–Kier alpha value is -3.63. The second-order valence-electron chi connectivity index (χ2n) is 8.09. The highest BCUT2D eigenvalue weighted by molar-refractivity contribution is 7.89. The minimum atomic E-state index is -3.66. The fourth-order valence-corrected chi connectivity index (χ4v) is 4.19. The standard InChI is InChI=1S/C25H27N3O6S/c1-32-22-12-11-21(15-23(22)34-24-6-4-14-33-24)28(17-18-5-3-13-26-16-18)20-9-7-19(8-10-20)25(29)27-35(2,30)31/h3,5,7-13,15-16,24H,4,6,14,17H2,1-2H3,(H,27,29). The molecule has 1 saturated heterocycles. The molecule has 35 heavy (non-hydrogen) atoms. The van der Waals surface area contributed by atoms with Crippen molar-refractivity contribution in [1.82, 2.24) is 9.71 Å². The van der Waals surface area contributed by atoms with Crippen molar-refractivity contribution in [2.75, 3.05) is 24.9 Å². The van der Waals surface area contributed by atoms with E-state index in [1.165, 1.54) is 0 Å². The summed E-state index contributed by atoms with van der Waals surface area (Å²) in [6.07, 6.45) is 5.87. The summed E-state index contributed by atoms with van der Waals surface area (Å²) in [5.74, 6) is 0.477. The average Bonchev–Trinajstić information content (AvgIpc) is 3.35. The van der Waals surface area contributed by atoms with Gasteiger partial charge in [0.15, 0.2) is 17.8 Å². The summed E-state index contributed by atoms with van der Waals surface area (Å²) < 4.78 is 42.0. The van der Waals surface area contributed by atoms with Gasteiger partial charge in [-0.05, 0) is 54.4 Å². The summed E-state index contributed by atoms with van der Waals surface area (Å²) in [4.78, 5) is 18.5. The van der Waals surface area contributed by atoms with E-state index in [1.54, 1.807) is 43.8 Å². The van der Waals surface area contributed by atoms with Crippen LogP contribution in [0.2, 0.25) is 0 Å². The number of amides is 1. The Kier molecular flexibility index (Phi) is 7.52. The number of anilines is 2. The van der Waals surface area contributed by atoms with Gasteiger partial charge in [-0.25, -0.2) is 13.1 Å². The molecule has 1 atom stereocenters. The van der Waals surface area contributed by atoms with E-state index >= 15 is 0 Å². The Morgan fingerprint density at radius 3 is 2.54 bits per heavy atom. The molecule has 184 valence electrons. The predicted molar refractivity (Wildman–Crippen MR) is 131 cm³/mol. The van der Waals surface area contributed by atoms with E-state index in [4.69, 9.17) is 14.2 Å². The number of hydrogen-bond acceptors (Lipinski definition) is 8. The first-order valence-electron chi connectivity index (χ1n) is 11.1. The summed E-state index contributed by atoms with van der Waals surface area (Å²) in [5.41, 5.74) is 2.83. The van der Waals surface area contributed by atoms with Gasteiger partial charge in [-0.3, -0.25) is 9.78 Å². The molecule has 1 unspecified atom stereocenters. The molecule has 1 fully saturated rings. The average molecular weight is 498 g/mol. The predicted octanol–water partition coefficient (Wildman–Crippen LogP) is 3.63. The molecule has 2 heterocycles. The van der Waals surface area contributed by atoms with Gasteiger partial charge in [0.25, 0.3) is 5.91 Å². The molecular formula is C25H27N3O6S. The van der Waals surface area contributed by atoms with E-state index in [1.807, 2.05) is 40.0 Å². The Bertz CT molecular complexity index is 1260. The Balaban J connectivity index is 1.67. The van der Waals surface area contributed by atoms with E-state index in [-0.39, 0.29) is 11.9 Å². The highest BCUT2D eigenvalue weighted by Gasteiger charge is 2.21. The fraction of sp³-hybridized carbons (Fsp3) is 0.280. The van der Waals surface area contributed by atoms with Gasteiger partial charge in [0, 0.05) is 48.4 Å². The van der Waals surface area contributed by atoms with Crippen LogP contribution in [0.1, 0.15) is 28.8 Å². The zero-order valence-electron chi connectivity index (χ0n) is 19.5. The topological polar surface area (TPSA) is 107 Å². The molecule has 0 bridgehead atoms. The van der Waals surface area contributed by atoms with Crippen LogP contribution in [-0.4, -0.2) is 45.6 Å². The molecule has 1 aliphatic rings. The van der Waals surface area contributed by atoms with Crippen LogP contribution in [0.5, 0.6) is 11.5 Å². The Labute approximate surface area is 204 Å². The molecule has 1 amide bonds. The molecule has 1 aromatic heterocycles. The minimum absolute atomic E-state index is 0.234. The first kappa shape index (κ1) is 24.5. The van der Waals surface area contributed by atoms with Crippen molar-refractivity contribution in [1.29, 1.82) is 0 Å². The van der Waals surface area contributed by atoms with Crippen molar-refractivity contribution < 1.29 is 27.4 Å². The lowest BCUT2D eigenvalue weighted by Gasteiger charge is -2.26. The lowest BCUT2D eigenvalue weighted by atomic mass is 10.1. The van der Waals surface area contributed by atoms with E-state index in [0.717, 1.165) is 36.0 Å². The summed E-state index contributed by atoms with van der Waals surface area (Å²) in [7, 11) is -2.07. The number of methoxy groups -OCH3 is 1. The number of pyridine rings is 1. The maximum absolute atomic E-state index is 12.2. The molecule has 10 heteroatoms. The first-order chi connectivity index (χ1) is 16.8. The van der Waals surface area contributed by atoms with Crippen molar-refractivity contribution in [3.63, 3.8) is 0 Å². The second-order valence-corrected chi connectivity index (χ2v) is 9.84. The molecule has 3 aromatic rings. The highest BCUT2D eigenvalue weighted by atomic mass is 32.2. The van der Waals surface area contributed by atoms with Crippen molar-refractivity contribution in [2.24, 2.45) is 0 Å². The lowest BCUT2D eigenvalue weighted by Crippen LogP contribution is -2.29. The number of benzene rings is 2. The number of ether oxygens (including phenoxy) is 3. The summed E-state index contributed by atoms with van der Waals surface area (Å²) in [6, 6.07) is 16.2. The lowest BCUT2D eigenvalue weighted by molar-refractivity contribution is -0.0402. The van der Waals surface area contributed by atoms with Crippen molar-refractivity contribution in [3.05, 3.63) is 78.1 Å². The third-order valence-corrected chi connectivity index (χ3v) is 5.94. The van der Waals surface area contributed by atoms with Gasteiger partial charge >= 0.3 is 0 Å². The Morgan fingerprint density at radius 1 is 1.14 bits per heavy atom. The number of nitrogens with zero attached hydrogens (tertiary/aromatic N) is 2. The number of hydrogen-bond donors (Lipinski definition) is 1. The zero-order chi connectivity index (χ0) is 24.8. The van der Waals surface area contributed by atoms with Crippen molar-refractivity contribution >= 4 is 27.3 Å². The third-order valence-electron chi connectivity index (χ3n) is 5.39. The van der Waals surface area contributed by atoms with E-state index < -0.39 is 15.9 Å². The van der Waals surface area contributed by atoms with Gasteiger partial charge in [-0.15, -0.1) is 0 Å². The Morgan fingerprint density at radius 2 is 1.91 bits per heavy atom. The number of carbonyl (C=O) groups is 1. The van der Waals surface area contributed by atoms with E-state index in [2.05, 4.69) is 4.98 Å². The van der Waals surface area contributed by atoms with Crippen molar-refractivity contribution in [2.45, 2.75) is 25.7 Å². The first-order valence-corrected chi connectivity index (χ1v) is 13.0. The molecule has 9 nitrogen and oxygen atoms in total. The monoisotopic (exact) mass is 497 g/mol. The van der Waals surface area contributed by atoms with Crippen LogP contribution in [0.3, 0.4) is 0 Å². The maximum atomic E-state index is 12.2. The summed E-state index contributed by atoms with van der Waals surface area (Å²) in [5, 5.41) is 0. The van der Waals surface area contributed by atoms with Crippen LogP contribution in [0.15, 0.2) is 67.0 Å². The van der Waals surface area contributed by atoms with Crippen LogP contribution < -0.4 is 19.1 Å². The third kappa shape index (κ3) is 6.49. The second kappa shape index (κ2) is 10.7.